The van der Waals surface area contributed by atoms with Crippen LogP contribution in [0, 0.1) is 0 Å². The molecule has 0 aliphatic rings. The summed E-state index contributed by atoms with van der Waals surface area (Å²) in [4.78, 5) is 37.3. The Hall–Kier alpha value is -1.18. The van der Waals surface area contributed by atoms with Crippen molar-refractivity contribution in [1.82, 2.24) is 5.48 Å². The molecule has 0 radical (unpaired) electrons. The number of carbonyl (C=O) groups is 2. The van der Waals surface area contributed by atoms with Crippen LogP contribution in [0.4, 0.5) is 0 Å². The highest BCUT2D eigenvalue weighted by atomic mass is 17.2. The second kappa shape index (κ2) is 7.56. The molecule has 20 heavy (non-hydrogen) atoms. The van der Waals surface area contributed by atoms with Crippen LogP contribution in [0.2, 0.25) is 0 Å². The molecule has 0 saturated heterocycles. The van der Waals surface area contributed by atoms with Crippen molar-refractivity contribution in [2.24, 2.45) is 0 Å². The minimum Gasteiger partial charge on any atom is -0.481 e. The largest absolute Gasteiger partial charge is 0.481 e. The molecule has 0 aliphatic heterocycles. The fourth-order valence-electron chi connectivity index (χ4n) is 0.965. The van der Waals surface area contributed by atoms with Gasteiger partial charge in [-0.05, 0) is 48.0 Å². The minimum absolute atomic E-state index is 0.0394. The molecule has 2 N–H and O–H groups in total. The summed E-state index contributed by atoms with van der Waals surface area (Å²) in [5.41, 5.74) is 1.37. The van der Waals surface area contributed by atoms with Crippen LogP contribution in [0.15, 0.2) is 0 Å². The third kappa shape index (κ3) is 10.7. The summed E-state index contributed by atoms with van der Waals surface area (Å²) in [7, 11) is 0. The first-order valence-electron chi connectivity index (χ1n) is 6.45. The molecule has 0 aromatic rings. The highest BCUT2D eigenvalue weighted by molar-refractivity contribution is 5.76. The Balaban J connectivity index is 4.49. The number of nitrogens with one attached hydrogen (secondary N) is 1. The molecule has 7 nitrogen and oxygen atoms in total. The summed E-state index contributed by atoms with van der Waals surface area (Å²) in [6.45, 7) is 10.6. The van der Waals surface area contributed by atoms with Crippen molar-refractivity contribution in [2.75, 3.05) is 0 Å². The Morgan fingerprint density at radius 3 is 2.05 bits per heavy atom. The molecular weight excluding hydrogens is 266 g/mol. The number of aliphatic carboxylic acids is 1. The lowest BCUT2D eigenvalue weighted by atomic mass is 10.1. The molecule has 0 bridgehead atoms. The van der Waals surface area contributed by atoms with Crippen LogP contribution in [0.25, 0.3) is 0 Å². The summed E-state index contributed by atoms with van der Waals surface area (Å²) < 4.78 is 0. The van der Waals surface area contributed by atoms with Gasteiger partial charge in [0.15, 0.2) is 0 Å². The number of hydroxylamine groups is 1. The molecule has 0 rings (SSSR count). The van der Waals surface area contributed by atoms with E-state index in [-0.39, 0.29) is 12.8 Å². The van der Waals surface area contributed by atoms with Crippen LogP contribution in [-0.4, -0.2) is 34.3 Å². The van der Waals surface area contributed by atoms with Crippen LogP contribution < -0.4 is 5.48 Å². The highest BCUT2D eigenvalue weighted by Crippen LogP contribution is 2.11. The second-order valence-corrected chi connectivity index (χ2v) is 6.42. The average molecular weight is 291 g/mol. The molecule has 0 saturated carbocycles. The molecule has 0 spiro atoms. The zero-order valence-corrected chi connectivity index (χ0v) is 13.0. The van der Waals surface area contributed by atoms with E-state index in [4.69, 9.17) is 19.7 Å². The zero-order chi connectivity index (χ0) is 16.0. The smallest absolute Gasteiger partial charge is 0.361 e. The highest BCUT2D eigenvalue weighted by Gasteiger charge is 2.26. The van der Waals surface area contributed by atoms with Gasteiger partial charge in [0.25, 0.3) is 0 Å². The van der Waals surface area contributed by atoms with Gasteiger partial charge in [0.05, 0.1) is 5.60 Å². The van der Waals surface area contributed by atoms with E-state index in [0.29, 0.717) is 0 Å². The Bertz CT molecular complexity index is 329. The first kappa shape index (κ1) is 18.8. The lowest BCUT2D eigenvalue weighted by Gasteiger charge is -2.24. The maximum atomic E-state index is 11.8. The van der Waals surface area contributed by atoms with Gasteiger partial charge in [-0.1, -0.05) is 0 Å². The van der Waals surface area contributed by atoms with Crippen molar-refractivity contribution >= 4 is 11.9 Å². The standard InChI is InChI=1S/C13H25NO6/c1-12(2,3)19-14-9(7-8-10(15)16)11(17)18-20-13(4,5)6/h9,14H,7-8H2,1-6H3,(H,15,16)/t9-/m0/s1. The maximum Gasteiger partial charge on any atom is 0.361 e. The van der Waals surface area contributed by atoms with Crippen molar-refractivity contribution in [3.63, 3.8) is 0 Å². The van der Waals surface area contributed by atoms with E-state index in [2.05, 4.69) is 5.48 Å². The Labute approximate surface area is 119 Å². The van der Waals surface area contributed by atoms with Gasteiger partial charge in [0, 0.05) is 6.42 Å². The van der Waals surface area contributed by atoms with Crippen LogP contribution >= 0.6 is 0 Å². The van der Waals surface area contributed by atoms with Crippen molar-refractivity contribution < 1.29 is 29.3 Å². The van der Waals surface area contributed by atoms with Crippen LogP contribution in [0.3, 0.4) is 0 Å². The molecule has 7 heteroatoms. The number of carboxylic acid groups (broad SMARTS) is 1. The molecular formula is C13H25NO6. The first-order chi connectivity index (χ1) is 8.91. The molecule has 0 aromatic carbocycles. The summed E-state index contributed by atoms with van der Waals surface area (Å²) in [6, 6.07) is -0.910. The molecule has 0 fully saturated rings. The van der Waals surface area contributed by atoms with E-state index in [0.717, 1.165) is 0 Å². The predicted octanol–water partition coefficient (Wildman–Crippen LogP) is 1.81. The molecule has 0 aromatic heterocycles. The molecule has 1 atom stereocenters. The topological polar surface area (TPSA) is 94.1 Å². The van der Waals surface area contributed by atoms with E-state index in [1.54, 1.807) is 41.5 Å². The third-order valence-electron chi connectivity index (χ3n) is 1.81. The van der Waals surface area contributed by atoms with Crippen LogP contribution in [-0.2, 0) is 24.2 Å². The summed E-state index contributed by atoms with van der Waals surface area (Å²) >= 11 is 0. The molecule has 118 valence electrons. The van der Waals surface area contributed by atoms with Gasteiger partial charge < -0.3 is 5.11 Å². The SMILES string of the molecule is CC(C)(C)ON[C@@H](CCC(=O)O)C(=O)OOC(C)(C)C. The fraction of sp³-hybridized carbons (Fsp3) is 0.846. The molecule has 0 heterocycles. The first-order valence-corrected chi connectivity index (χ1v) is 6.45. The number of carboxylic acids is 1. The van der Waals surface area contributed by atoms with Gasteiger partial charge in [0.2, 0.25) is 0 Å². The molecule has 0 amide bonds. The van der Waals surface area contributed by atoms with Gasteiger partial charge >= 0.3 is 11.9 Å². The third-order valence-corrected chi connectivity index (χ3v) is 1.81. The van der Waals surface area contributed by atoms with Gasteiger partial charge in [0.1, 0.15) is 11.6 Å². The van der Waals surface area contributed by atoms with Gasteiger partial charge in [-0.15, -0.1) is 0 Å². The molecule has 0 aliphatic carbocycles. The number of carbonyl (C=O) groups excluding carboxylic acids is 1. The zero-order valence-electron chi connectivity index (χ0n) is 13.0. The molecule has 0 unspecified atom stereocenters. The minimum atomic E-state index is -1.00. The predicted molar refractivity (Wildman–Crippen MR) is 71.6 cm³/mol. The van der Waals surface area contributed by atoms with Crippen molar-refractivity contribution in [2.45, 2.75) is 71.6 Å². The summed E-state index contributed by atoms with van der Waals surface area (Å²) in [6.07, 6.45) is -0.145. The van der Waals surface area contributed by atoms with Crippen LogP contribution in [0.5, 0.6) is 0 Å². The maximum absolute atomic E-state index is 11.8. The van der Waals surface area contributed by atoms with E-state index in [9.17, 15) is 9.59 Å². The van der Waals surface area contributed by atoms with Crippen molar-refractivity contribution in [3.05, 3.63) is 0 Å². The lowest BCUT2D eigenvalue weighted by molar-refractivity contribution is -0.323. The quantitative estimate of drug-likeness (QED) is 0.545. The number of rotatable bonds is 7. The Kier molecular flexibility index (Phi) is 7.12. The van der Waals surface area contributed by atoms with E-state index < -0.39 is 29.2 Å². The lowest BCUT2D eigenvalue weighted by Crippen LogP contribution is -2.43. The van der Waals surface area contributed by atoms with E-state index >= 15 is 0 Å². The summed E-state index contributed by atoms with van der Waals surface area (Å²) in [5.74, 6) is -1.72. The number of hydrogen-bond donors (Lipinski definition) is 2. The number of hydrogen-bond acceptors (Lipinski definition) is 6. The normalized spacial score (nSPS) is 13.9. The Morgan fingerprint density at radius 2 is 1.65 bits per heavy atom. The van der Waals surface area contributed by atoms with Crippen molar-refractivity contribution in [3.8, 4) is 0 Å². The average Bonchev–Trinajstić information content (AvgIpc) is 2.23. The van der Waals surface area contributed by atoms with Crippen molar-refractivity contribution in [1.29, 1.82) is 0 Å². The fourth-order valence-corrected chi connectivity index (χ4v) is 0.965. The van der Waals surface area contributed by atoms with E-state index in [1.807, 2.05) is 0 Å². The monoisotopic (exact) mass is 291 g/mol. The second-order valence-electron chi connectivity index (χ2n) is 6.42. The van der Waals surface area contributed by atoms with Gasteiger partial charge in [-0.2, -0.15) is 10.4 Å². The van der Waals surface area contributed by atoms with Crippen LogP contribution in [0.1, 0.15) is 54.4 Å². The Morgan fingerprint density at radius 1 is 1.10 bits per heavy atom. The summed E-state index contributed by atoms with van der Waals surface area (Å²) in [5, 5.41) is 8.68. The van der Waals surface area contributed by atoms with Gasteiger partial charge in [-0.3, -0.25) is 14.5 Å². The van der Waals surface area contributed by atoms with Gasteiger partial charge in [-0.25, -0.2) is 4.79 Å². The van der Waals surface area contributed by atoms with E-state index in [1.165, 1.54) is 0 Å².